The van der Waals surface area contributed by atoms with E-state index in [1.54, 1.807) is 54.3 Å². The summed E-state index contributed by atoms with van der Waals surface area (Å²) in [5.74, 6) is -0.351. The molecule has 7 heteroatoms. The second-order valence-corrected chi connectivity index (χ2v) is 5.59. The minimum absolute atomic E-state index is 0.158. The van der Waals surface area contributed by atoms with Gasteiger partial charge >= 0.3 is 0 Å². The molecule has 1 amide bonds. The van der Waals surface area contributed by atoms with Crippen molar-refractivity contribution in [3.05, 3.63) is 88.6 Å². The van der Waals surface area contributed by atoms with Crippen LogP contribution in [-0.2, 0) is 18.4 Å². The van der Waals surface area contributed by atoms with E-state index in [2.05, 4.69) is 10.3 Å². The summed E-state index contributed by atoms with van der Waals surface area (Å²) in [5, 5.41) is 2.77. The van der Waals surface area contributed by atoms with E-state index < -0.39 is 17.8 Å². The summed E-state index contributed by atoms with van der Waals surface area (Å²) in [4.78, 5) is 28.4. The Morgan fingerprint density at radius 2 is 1.96 bits per heavy atom. The van der Waals surface area contributed by atoms with Crippen molar-refractivity contribution in [2.45, 2.75) is 12.6 Å². The average Bonchev–Trinajstić information content (AvgIpc) is 3.01. The van der Waals surface area contributed by atoms with E-state index in [-0.39, 0.29) is 12.1 Å². The minimum Gasteiger partial charge on any atom is -0.340 e. The van der Waals surface area contributed by atoms with Gasteiger partial charge in [-0.3, -0.25) is 9.59 Å². The molecule has 0 saturated carbocycles. The molecule has 2 aromatic heterocycles. The molecule has 0 radical (unpaired) electrons. The highest BCUT2D eigenvalue weighted by molar-refractivity contribution is 5.76. The number of carbonyl (C=O) groups is 1. The second kappa shape index (κ2) is 7.12. The Hall–Kier alpha value is -3.22. The van der Waals surface area contributed by atoms with Crippen LogP contribution in [0.15, 0.2) is 65.8 Å². The smallest absolute Gasteiger partial charge is 0.250 e. The largest absolute Gasteiger partial charge is 0.340 e. The Balaban J connectivity index is 1.90. The highest BCUT2D eigenvalue weighted by atomic mass is 19.1. The molecule has 0 aliphatic heterocycles. The topological polar surface area (TPSA) is 68.9 Å². The maximum Gasteiger partial charge on any atom is 0.250 e. The minimum atomic E-state index is -0.756. The fourth-order valence-corrected chi connectivity index (χ4v) is 2.60. The molecule has 0 aliphatic rings. The number of hydrogen-bond acceptors (Lipinski definition) is 3. The van der Waals surface area contributed by atoms with Gasteiger partial charge in [0.1, 0.15) is 24.2 Å². The van der Waals surface area contributed by atoms with Crippen LogP contribution in [-0.4, -0.2) is 20.0 Å². The maximum absolute atomic E-state index is 14.3. The first-order valence-corrected chi connectivity index (χ1v) is 7.73. The molecule has 6 nitrogen and oxygen atoms in total. The molecule has 0 fully saturated rings. The molecule has 0 saturated heterocycles. The predicted molar refractivity (Wildman–Crippen MR) is 90.3 cm³/mol. The van der Waals surface area contributed by atoms with Crippen molar-refractivity contribution in [1.29, 1.82) is 0 Å². The molecule has 1 atom stereocenters. The van der Waals surface area contributed by atoms with Gasteiger partial charge in [-0.1, -0.05) is 24.3 Å². The van der Waals surface area contributed by atoms with Crippen LogP contribution in [0.5, 0.6) is 0 Å². The Kier molecular flexibility index (Phi) is 4.74. The molecule has 0 aliphatic carbocycles. The molecule has 0 unspecified atom stereocenters. The monoisotopic (exact) mass is 340 g/mol. The number of pyridine rings is 1. The third-order valence-corrected chi connectivity index (χ3v) is 3.85. The number of hydrogen-bond donors (Lipinski definition) is 1. The van der Waals surface area contributed by atoms with Gasteiger partial charge in [0.05, 0.1) is 0 Å². The van der Waals surface area contributed by atoms with Crippen LogP contribution in [0.4, 0.5) is 4.39 Å². The Morgan fingerprint density at radius 3 is 2.64 bits per heavy atom. The van der Waals surface area contributed by atoms with Crippen molar-refractivity contribution in [2.24, 2.45) is 7.05 Å². The van der Waals surface area contributed by atoms with Crippen LogP contribution in [0.25, 0.3) is 0 Å². The summed E-state index contributed by atoms with van der Waals surface area (Å²) in [6.45, 7) is -0.158. The highest BCUT2D eigenvalue weighted by Crippen LogP contribution is 2.23. The van der Waals surface area contributed by atoms with Crippen LogP contribution in [0.3, 0.4) is 0 Å². The van der Waals surface area contributed by atoms with Crippen LogP contribution < -0.4 is 10.9 Å². The fraction of sp³-hybridized carbons (Fsp3) is 0.167. The predicted octanol–water partition coefficient (Wildman–Crippen LogP) is 1.63. The Bertz CT molecular complexity index is 948. The van der Waals surface area contributed by atoms with E-state index in [1.807, 2.05) is 0 Å². The SMILES string of the molecule is Cn1ccnc1[C@H](NC(=O)Cn1ccccc1=O)c1ccccc1F. The van der Waals surface area contributed by atoms with Gasteiger partial charge in [-0.2, -0.15) is 0 Å². The highest BCUT2D eigenvalue weighted by Gasteiger charge is 2.23. The molecule has 3 aromatic rings. The zero-order valence-electron chi connectivity index (χ0n) is 13.6. The van der Waals surface area contributed by atoms with Gasteiger partial charge < -0.3 is 14.5 Å². The number of rotatable bonds is 5. The van der Waals surface area contributed by atoms with Crippen molar-refractivity contribution in [2.75, 3.05) is 0 Å². The summed E-state index contributed by atoms with van der Waals surface area (Å²) in [6, 6.07) is 10.1. The van der Waals surface area contributed by atoms with Crippen molar-refractivity contribution in [1.82, 2.24) is 19.4 Å². The number of aryl methyl sites for hydroxylation is 1. The Morgan fingerprint density at radius 1 is 1.20 bits per heavy atom. The summed E-state index contributed by atoms with van der Waals surface area (Å²) < 4.78 is 17.3. The number of imidazole rings is 1. The molecule has 25 heavy (non-hydrogen) atoms. The quantitative estimate of drug-likeness (QED) is 0.767. The van der Waals surface area contributed by atoms with E-state index in [0.29, 0.717) is 11.4 Å². The zero-order chi connectivity index (χ0) is 17.8. The summed E-state index contributed by atoms with van der Waals surface area (Å²) in [5.41, 5.74) is 0.0302. The number of nitrogens with zero attached hydrogens (tertiary/aromatic N) is 3. The molecule has 2 heterocycles. The standard InChI is InChI=1S/C18H17FN4O2/c1-22-11-9-20-18(22)17(13-6-2-3-7-14(13)19)21-15(24)12-23-10-5-4-8-16(23)25/h2-11,17H,12H2,1H3,(H,21,24)/t17-/m1/s1. The lowest BCUT2D eigenvalue weighted by Crippen LogP contribution is -2.36. The number of aromatic nitrogens is 3. The first-order chi connectivity index (χ1) is 12.1. The third-order valence-electron chi connectivity index (χ3n) is 3.85. The van der Waals surface area contributed by atoms with Crippen LogP contribution in [0, 0.1) is 5.82 Å². The molecular formula is C18H17FN4O2. The molecule has 3 rings (SSSR count). The average molecular weight is 340 g/mol. The van der Waals surface area contributed by atoms with Gasteiger partial charge in [0.2, 0.25) is 5.91 Å². The van der Waals surface area contributed by atoms with E-state index in [4.69, 9.17) is 0 Å². The fourth-order valence-electron chi connectivity index (χ4n) is 2.60. The number of halogens is 1. The van der Waals surface area contributed by atoms with E-state index in [0.717, 1.165) is 0 Å². The maximum atomic E-state index is 14.3. The van der Waals surface area contributed by atoms with Crippen LogP contribution in [0.2, 0.25) is 0 Å². The molecule has 0 bridgehead atoms. The summed E-state index contributed by atoms with van der Waals surface area (Å²) in [7, 11) is 1.77. The van der Waals surface area contributed by atoms with E-state index in [9.17, 15) is 14.0 Å². The van der Waals surface area contributed by atoms with Gasteiger partial charge in [-0.15, -0.1) is 0 Å². The molecular weight excluding hydrogens is 323 g/mol. The lowest BCUT2D eigenvalue weighted by molar-refractivity contribution is -0.122. The van der Waals surface area contributed by atoms with Gasteiger partial charge in [-0.25, -0.2) is 9.37 Å². The third kappa shape index (κ3) is 3.65. The van der Waals surface area contributed by atoms with Gasteiger partial charge in [0, 0.05) is 37.3 Å². The Labute approximate surface area is 143 Å². The molecule has 0 spiro atoms. The number of nitrogens with one attached hydrogen (secondary N) is 1. The first kappa shape index (κ1) is 16.6. The molecule has 1 aromatic carbocycles. The lowest BCUT2D eigenvalue weighted by Gasteiger charge is -2.20. The molecule has 128 valence electrons. The van der Waals surface area contributed by atoms with E-state index >= 15 is 0 Å². The van der Waals surface area contributed by atoms with Gasteiger partial charge in [0.15, 0.2) is 0 Å². The van der Waals surface area contributed by atoms with Gasteiger partial charge in [0.25, 0.3) is 5.56 Å². The van der Waals surface area contributed by atoms with Crippen LogP contribution >= 0.6 is 0 Å². The number of benzene rings is 1. The first-order valence-electron chi connectivity index (χ1n) is 7.73. The molecule has 1 N–H and O–H groups in total. The van der Waals surface area contributed by atoms with Crippen molar-refractivity contribution < 1.29 is 9.18 Å². The normalized spacial score (nSPS) is 11.9. The number of carbonyl (C=O) groups excluding carboxylic acids is 1. The zero-order valence-corrected chi connectivity index (χ0v) is 13.6. The summed E-state index contributed by atoms with van der Waals surface area (Å²) >= 11 is 0. The van der Waals surface area contributed by atoms with Gasteiger partial charge in [-0.05, 0) is 12.1 Å². The van der Waals surface area contributed by atoms with Crippen molar-refractivity contribution in [3.8, 4) is 0 Å². The lowest BCUT2D eigenvalue weighted by atomic mass is 10.1. The second-order valence-electron chi connectivity index (χ2n) is 5.59. The van der Waals surface area contributed by atoms with Crippen molar-refractivity contribution in [3.63, 3.8) is 0 Å². The van der Waals surface area contributed by atoms with Crippen molar-refractivity contribution >= 4 is 5.91 Å². The van der Waals surface area contributed by atoms with E-state index in [1.165, 1.54) is 22.9 Å². The number of amides is 1. The summed E-state index contributed by atoms with van der Waals surface area (Å²) in [6.07, 6.45) is 4.83. The van der Waals surface area contributed by atoms with Crippen LogP contribution in [0.1, 0.15) is 17.4 Å².